The van der Waals surface area contributed by atoms with Crippen LogP contribution in [0.25, 0.3) is 23.3 Å². The van der Waals surface area contributed by atoms with Crippen LogP contribution in [0.5, 0.6) is 11.5 Å². The van der Waals surface area contributed by atoms with E-state index in [1.54, 1.807) is 51.5 Å². The largest absolute Gasteiger partial charge is 0.497 e. The zero-order valence-corrected chi connectivity index (χ0v) is 18.8. The fourth-order valence-corrected chi connectivity index (χ4v) is 3.47. The third-order valence-corrected chi connectivity index (χ3v) is 5.08. The van der Waals surface area contributed by atoms with E-state index in [1.807, 2.05) is 30.3 Å². The van der Waals surface area contributed by atoms with Crippen LogP contribution in [-0.4, -0.2) is 31.8 Å². The summed E-state index contributed by atoms with van der Waals surface area (Å²) in [5.41, 5.74) is 2.88. The molecule has 2 aromatic carbocycles. The van der Waals surface area contributed by atoms with Crippen LogP contribution < -0.4 is 9.47 Å². The topological polar surface area (TPSA) is 84.3 Å². The van der Waals surface area contributed by atoms with Crippen molar-refractivity contribution in [1.82, 2.24) is 4.98 Å². The van der Waals surface area contributed by atoms with Gasteiger partial charge in [-0.25, -0.2) is 4.79 Å². The summed E-state index contributed by atoms with van der Waals surface area (Å²) in [6, 6.07) is 16.7. The van der Waals surface area contributed by atoms with Crippen LogP contribution in [0.4, 0.5) is 0 Å². The maximum absolute atomic E-state index is 13.0. The fraction of sp³-hybridized carbons (Fsp3) is 0.160. The number of pyridine rings is 1. The first-order chi connectivity index (χ1) is 15.5. The molecule has 1 heterocycles. The van der Waals surface area contributed by atoms with Crippen LogP contribution in [0.15, 0.2) is 48.5 Å². The van der Waals surface area contributed by atoms with Gasteiger partial charge in [-0.05, 0) is 48.4 Å². The number of nitrogens with zero attached hydrogens (tertiary/aromatic N) is 1. The lowest BCUT2D eigenvalue weighted by Gasteiger charge is -2.15. The molecule has 0 aliphatic rings. The monoisotopic (exact) mass is 446 g/mol. The Morgan fingerprint density at radius 1 is 1.03 bits per heavy atom. The van der Waals surface area contributed by atoms with Crippen molar-refractivity contribution in [3.05, 3.63) is 75.6 Å². The molecule has 0 unspecified atom stereocenters. The maximum atomic E-state index is 13.0. The number of nitrogens with one attached hydrogen (secondary N) is 1. The Hall–Kier alpha value is -3.89. The molecule has 0 atom stereocenters. The van der Waals surface area contributed by atoms with E-state index in [0.29, 0.717) is 22.6 Å². The number of ether oxygens (including phenoxy) is 3. The minimum Gasteiger partial charge on any atom is -0.497 e. The Balaban J connectivity index is 2.22. The second kappa shape index (κ2) is 10.4. The summed E-state index contributed by atoms with van der Waals surface area (Å²) in [5, 5.41) is 9.80. The van der Waals surface area contributed by atoms with Gasteiger partial charge in [0.2, 0.25) is 0 Å². The van der Waals surface area contributed by atoms with Gasteiger partial charge in [-0.3, -0.25) is 0 Å². The van der Waals surface area contributed by atoms with E-state index in [-0.39, 0.29) is 22.4 Å². The molecule has 0 saturated carbocycles. The predicted molar refractivity (Wildman–Crippen MR) is 126 cm³/mol. The number of nitriles is 1. The van der Waals surface area contributed by atoms with Gasteiger partial charge >= 0.3 is 5.97 Å². The van der Waals surface area contributed by atoms with Gasteiger partial charge in [-0.2, -0.15) is 5.26 Å². The van der Waals surface area contributed by atoms with E-state index in [1.165, 1.54) is 0 Å². The second-order valence-electron chi connectivity index (χ2n) is 6.66. The summed E-state index contributed by atoms with van der Waals surface area (Å²) < 4.78 is 16.0. The SMILES string of the molecule is CCOC(=O)c1c(/C=C/c2ccc(OC)cc2)[nH]c(=S)c(C#N)c1-c1ccc(OC)cc1. The lowest BCUT2D eigenvalue weighted by atomic mass is 9.94. The molecule has 3 rings (SSSR count). The highest BCUT2D eigenvalue weighted by atomic mass is 32.1. The molecule has 7 heteroatoms. The first-order valence-corrected chi connectivity index (χ1v) is 10.3. The van der Waals surface area contributed by atoms with Gasteiger partial charge in [0.05, 0.1) is 37.6 Å². The molecule has 1 N–H and O–H groups in total. The highest BCUT2D eigenvalue weighted by Crippen LogP contribution is 2.32. The van der Waals surface area contributed by atoms with E-state index in [2.05, 4.69) is 11.1 Å². The lowest BCUT2D eigenvalue weighted by Crippen LogP contribution is -2.12. The molecule has 162 valence electrons. The Morgan fingerprint density at radius 3 is 2.16 bits per heavy atom. The van der Waals surface area contributed by atoms with Gasteiger partial charge < -0.3 is 19.2 Å². The molecule has 0 saturated heterocycles. The molecule has 0 fully saturated rings. The summed E-state index contributed by atoms with van der Waals surface area (Å²) in [5.74, 6) is 0.857. The molecule has 0 amide bonds. The van der Waals surface area contributed by atoms with Crippen molar-refractivity contribution < 1.29 is 19.0 Å². The van der Waals surface area contributed by atoms with Gasteiger partial charge in [-0.1, -0.05) is 42.6 Å². The smallest absolute Gasteiger partial charge is 0.340 e. The minimum atomic E-state index is -0.546. The number of H-pyrrole nitrogens is 1. The number of benzene rings is 2. The molecule has 0 aliphatic heterocycles. The van der Waals surface area contributed by atoms with Gasteiger partial charge in [0.15, 0.2) is 0 Å². The highest BCUT2D eigenvalue weighted by Gasteiger charge is 2.23. The summed E-state index contributed by atoms with van der Waals surface area (Å²) in [6.07, 6.45) is 3.59. The number of esters is 1. The number of carbonyl (C=O) groups is 1. The molecule has 0 aliphatic carbocycles. The predicted octanol–water partition coefficient (Wildman–Crippen LogP) is 5.65. The number of hydrogen-bond acceptors (Lipinski definition) is 6. The number of hydrogen-bond donors (Lipinski definition) is 1. The number of carbonyl (C=O) groups excluding carboxylic acids is 1. The number of methoxy groups -OCH3 is 2. The van der Waals surface area contributed by atoms with E-state index in [4.69, 9.17) is 26.4 Å². The first kappa shape index (κ1) is 22.8. The van der Waals surface area contributed by atoms with Crippen LogP contribution in [-0.2, 0) is 4.74 Å². The third-order valence-electron chi connectivity index (χ3n) is 4.77. The van der Waals surface area contributed by atoms with Gasteiger partial charge in [0.25, 0.3) is 0 Å². The van der Waals surface area contributed by atoms with Crippen molar-refractivity contribution >= 4 is 30.3 Å². The molecular weight excluding hydrogens is 424 g/mol. The fourth-order valence-electron chi connectivity index (χ4n) is 3.21. The average Bonchev–Trinajstić information content (AvgIpc) is 2.82. The number of aromatic nitrogens is 1. The summed E-state index contributed by atoms with van der Waals surface area (Å²) >= 11 is 5.44. The zero-order valence-electron chi connectivity index (χ0n) is 18.0. The molecule has 0 radical (unpaired) electrons. The summed E-state index contributed by atoms with van der Waals surface area (Å²) in [7, 11) is 3.18. The molecule has 3 aromatic rings. The quantitative estimate of drug-likeness (QED) is 0.373. The van der Waals surface area contributed by atoms with Gasteiger partial charge in [-0.15, -0.1) is 0 Å². The molecule has 0 spiro atoms. The average molecular weight is 447 g/mol. The van der Waals surface area contributed by atoms with Crippen LogP contribution in [0, 0.1) is 16.0 Å². The van der Waals surface area contributed by atoms with E-state index in [9.17, 15) is 10.1 Å². The molecule has 32 heavy (non-hydrogen) atoms. The van der Waals surface area contributed by atoms with Crippen molar-refractivity contribution in [2.45, 2.75) is 6.92 Å². The van der Waals surface area contributed by atoms with Crippen molar-refractivity contribution in [3.63, 3.8) is 0 Å². The Morgan fingerprint density at radius 2 is 1.62 bits per heavy atom. The van der Waals surface area contributed by atoms with Crippen molar-refractivity contribution in [1.29, 1.82) is 5.26 Å². The van der Waals surface area contributed by atoms with Crippen LogP contribution >= 0.6 is 12.2 Å². The zero-order chi connectivity index (χ0) is 23.1. The summed E-state index contributed by atoms with van der Waals surface area (Å²) in [6.45, 7) is 1.92. The van der Waals surface area contributed by atoms with Crippen LogP contribution in [0.3, 0.4) is 0 Å². The Kier molecular flexibility index (Phi) is 7.42. The Bertz CT molecular complexity index is 1240. The molecule has 6 nitrogen and oxygen atoms in total. The maximum Gasteiger partial charge on any atom is 0.340 e. The van der Waals surface area contributed by atoms with Crippen LogP contribution in [0.2, 0.25) is 0 Å². The summed E-state index contributed by atoms with van der Waals surface area (Å²) in [4.78, 5) is 16.0. The van der Waals surface area contributed by atoms with Gasteiger partial charge in [0.1, 0.15) is 22.2 Å². The highest BCUT2D eigenvalue weighted by molar-refractivity contribution is 7.71. The molecule has 1 aromatic heterocycles. The van der Waals surface area contributed by atoms with Crippen LogP contribution in [0.1, 0.15) is 34.1 Å². The first-order valence-electron chi connectivity index (χ1n) is 9.86. The lowest BCUT2D eigenvalue weighted by molar-refractivity contribution is 0.0526. The minimum absolute atomic E-state index is 0.194. The van der Waals surface area contributed by atoms with Gasteiger partial charge in [0, 0.05) is 5.56 Å². The third kappa shape index (κ3) is 4.88. The molecule has 0 bridgehead atoms. The normalized spacial score (nSPS) is 10.6. The Labute approximate surface area is 191 Å². The van der Waals surface area contributed by atoms with Crippen molar-refractivity contribution in [2.24, 2.45) is 0 Å². The number of rotatable bonds is 7. The number of aromatic amines is 1. The standard InChI is InChI=1S/C25H22N2O4S/c1-4-31-25(28)23-21(14-7-16-5-10-18(29-2)11-6-16)27-24(32)20(15-26)22(23)17-8-12-19(30-3)13-9-17/h5-14H,4H2,1-3H3,(H,27,32)/b14-7+. The van der Waals surface area contributed by atoms with Crippen molar-refractivity contribution in [2.75, 3.05) is 20.8 Å². The van der Waals surface area contributed by atoms with E-state index in [0.717, 1.165) is 11.3 Å². The van der Waals surface area contributed by atoms with Crippen molar-refractivity contribution in [3.8, 4) is 28.7 Å². The van der Waals surface area contributed by atoms with E-state index < -0.39 is 5.97 Å². The molecular formula is C25H22N2O4S. The second-order valence-corrected chi connectivity index (χ2v) is 7.07. The van der Waals surface area contributed by atoms with E-state index >= 15 is 0 Å².